The monoisotopic (exact) mass is 184 g/mol. The first-order valence-electron chi connectivity index (χ1n) is 3.43. The molecule has 0 aliphatic rings. The maximum atomic E-state index is 10.1. The topological polar surface area (TPSA) is 90.2 Å². The van der Waals surface area contributed by atoms with E-state index in [1.807, 2.05) is 5.43 Å². The lowest BCUT2D eigenvalue weighted by Gasteiger charge is -2.03. The van der Waals surface area contributed by atoms with Gasteiger partial charge in [-0.2, -0.15) is 5.10 Å². The minimum atomic E-state index is -0.682. The summed E-state index contributed by atoms with van der Waals surface area (Å²) < 4.78 is 4.76. The minimum Gasteiger partial charge on any atom is -0.478 e. The summed E-state index contributed by atoms with van der Waals surface area (Å²) in [6.45, 7) is 1.68. The molecule has 0 atom stereocenters. The van der Waals surface area contributed by atoms with Crippen molar-refractivity contribution in [2.45, 2.75) is 6.92 Å². The summed E-state index contributed by atoms with van der Waals surface area (Å²) in [4.78, 5) is 10.1. The molecule has 0 amide bonds. The molecule has 0 fully saturated rings. The van der Waals surface area contributed by atoms with Crippen LogP contribution in [-0.4, -0.2) is 22.3 Å². The van der Waals surface area contributed by atoms with Crippen LogP contribution in [0.2, 0.25) is 0 Å². The summed E-state index contributed by atoms with van der Waals surface area (Å²) in [5, 5.41) is 16.7. The highest BCUT2D eigenvalue weighted by molar-refractivity contribution is 5.50. The summed E-state index contributed by atoms with van der Waals surface area (Å²) in [6.07, 6.45) is 0. The quantitative estimate of drug-likeness (QED) is 0.540. The lowest BCUT2D eigenvalue weighted by molar-refractivity contribution is -0.445. The molecule has 1 aromatic rings. The second-order valence-electron chi connectivity index (χ2n) is 2.28. The van der Waals surface area contributed by atoms with Crippen molar-refractivity contribution in [1.29, 1.82) is 0 Å². The zero-order chi connectivity index (χ0) is 9.84. The van der Waals surface area contributed by atoms with Crippen LogP contribution in [0.3, 0.4) is 0 Å². The molecule has 7 heteroatoms. The van der Waals surface area contributed by atoms with E-state index in [2.05, 4.69) is 10.2 Å². The predicted octanol–water partition coefficient (Wildman–Crippen LogP) is 0.397. The van der Waals surface area contributed by atoms with Gasteiger partial charge in [0, 0.05) is 0 Å². The van der Waals surface area contributed by atoms with E-state index in [9.17, 15) is 10.1 Å². The van der Waals surface area contributed by atoms with E-state index in [4.69, 9.17) is 4.74 Å². The lowest BCUT2D eigenvalue weighted by atomic mass is 10.4. The van der Waals surface area contributed by atoms with Gasteiger partial charge in [0.05, 0.1) is 12.8 Å². The number of ether oxygens (including phenoxy) is 1. The first-order valence-corrected chi connectivity index (χ1v) is 3.43. The average Bonchev–Trinajstić information content (AvgIpc) is 2.03. The maximum Gasteiger partial charge on any atom is 0.262 e. The lowest BCUT2D eigenvalue weighted by Crippen LogP contribution is -2.10. The summed E-state index contributed by atoms with van der Waals surface area (Å²) in [7, 11) is 1.37. The molecule has 7 nitrogen and oxygen atoms in total. The zero-order valence-electron chi connectivity index (χ0n) is 7.14. The first-order chi connectivity index (χ1) is 6.13. The number of hydrogen-bond donors (Lipinski definition) is 1. The van der Waals surface area contributed by atoms with Gasteiger partial charge in [-0.25, -0.2) is 10.1 Å². The Kier molecular flexibility index (Phi) is 2.58. The van der Waals surface area contributed by atoms with E-state index in [1.54, 1.807) is 6.92 Å². The molecule has 13 heavy (non-hydrogen) atoms. The van der Waals surface area contributed by atoms with E-state index in [-0.39, 0.29) is 11.6 Å². The van der Waals surface area contributed by atoms with Gasteiger partial charge in [0.15, 0.2) is 10.7 Å². The van der Waals surface area contributed by atoms with Crippen LogP contribution in [0.15, 0.2) is 6.07 Å². The summed E-state index contributed by atoms with van der Waals surface area (Å²) >= 11 is 0. The second-order valence-corrected chi connectivity index (χ2v) is 2.28. The number of methoxy groups -OCH3 is 1. The third-order valence-corrected chi connectivity index (χ3v) is 1.29. The standard InChI is InChI=1S/C6H8N4O3/c1-4-3-5(9-10(11)12)6(13-2)8-7-4/h3H,1-2H3,(H,7,9). The predicted molar refractivity (Wildman–Crippen MR) is 43.9 cm³/mol. The number of rotatable bonds is 3. The summed E-state index contributed by atoms with van der Waals surface area (Å²) in [5.74, 6) is 0.0994. The summed E-state index contributed by atoms with van der Waals surface area (Å²) in [5.41, 5.74) is 2.73. The zero-order valence-corrected chi connectivity index (χ0v) is 7.14. The number of nitrogens with zero attached hydrogens (tertiary/aromatic N) is 3. The van der Waals surface area contributed by atoms with E-state index in [1.165, 1.54) is 13.2 Å². The van der Waals surface area contributed by atoms with Gasteiger partial charge in [0.2, 0.25) is 0 Å². The van der Waals surface area contributed by atoms with Crippen LogP contribution in [0.25, 0.3) is 0 Å². The Labute approximate surface area is 73.9 Å². The van der Waals surface area contributed by atoms with Gasteiger partial charge in [0.1, 0.15) is 0 Å². The van der Waals surface area contributed by atoms with Gasteiger partial charge in [-0.15, -0.1) is 10.5 Å². The van der Waals surface area contributed by atoms with Crippen LogP contribution in [0.5, 0.6) is 5.88 Å². The first kappa shape index (κ1) is 9.17. The number of nitro groups is 1. The van der Waals surface area contributed by atoms with Crippen molar-refractivity contribution in [2.75, 3.05) is 12.5 Å². The molecule has 0 saturated carbocycles. The van der Waals surface area contributed by atoms with Crippen LogP contribution < -0.4 is 10.2 Å². The Morgan fingerprint density at radius 1 is 1.62 bits per heavy atom. The molecule has 1 N–H and O–H groups in total. The Morgan fingerprint density at radius 2 is 2.31 bits per heavy atom. The molecule has 0 aromatic carbocycles. The molecule has 0 aliphatic heterocycles. The smallest absolute Gasteiger partial charge is 0.262 e. The largest absolute Gasteiger partial charge is 0.478 e. The number of aryl methyl sites for hydroxylation is 1. The van der Waals surface area contributed by atoms with Gasteiger partial charge >= 0.3 is 0 Å². The highest BCUT2D eigenvalue weighted by atomic mass is 16.7. The Morgan fingerprint density at radius 3 is 2.85 bits per heavy atom. The van der Waals surface area contributed by atoms with Crippen molar-refractivity contribution in [2.24, 2.45) is 0 Å². The van der Waals surface area contributed by atoms with Gasteiger partial charge in [-0.05, 0) is 13.0 Å². The van der Waals surface area contributed by atoms with Crippen LogP contribution in [0, 0.1) is 17.0 Å². The Balaban J connectivity index is 3.01. The molecule has 0 radical (unpaired) electrons. The number of hydrazine groups is 1. The number of hydrogen-bond acceptors (Lipinski definition) is 5. The SMILES string of the molecule is COc1nnc(C)cc1N[N+](=O)[O-]. The normalized spacial score (nSPS) is 9.38. The van der Waals surface area contributed by atoms with Crippen molar-refractivity contribution < 1.29 is 9.77 Å². The second kappa shape index (κ2) is 3.65. The fourth-order valence-electron chi connectivity index (χ4n) is 0.807. The molecule has 70 valence electrons. The molecule has 1 rings (SSSR count). The number of anilines is 1. The molecular formula is C6H8N4O3. The van der Waals surface area contributed by atoms with E-state index >= 15 is 0 Å². The van der Waals surface area contributed by atoms with Crippen LogP contribution >= 0.6 is 0 Å². The minimum absolute atomic E-state index is 0.0994. The fourth-order valence-corrected chi connectivity index (χ4v) is 0.807. The average molecular weight is 184 g/mol. The molecule has 0 saturated heterocycles. The highest BCUT2D eigenvalue weighted by Gasteiger charge is 2.09. The van der Waals surface area contributed by atoms with Crippen LogP contribution in [0.4, 0.5) is 5.69 Å². The van der Waals surface area contributed by atoms with Crippen molar-refractivity contribution >= 4 is 5.69 Å². The molecule has 1 heterocycles. The molecule has 0 bridgehead atoms. The Bertz CT molecular complexity index is 328. The summed E-state index contributed by atoms with van der Waals surface area (Å²) in [6, 6.07) is 1.48. The third-order valence-electron chi connectivity index (χ3n) is 1.29. The fraction of sp³-hybridized carbons (Fsp3) is 0.333. The highest BCUT2D eigenvalue weighted by Crippen LogP contribution is 2.19. The van der Waals surface area contributed by atoms with E-state index in [0.29, 0.717) is 5.69 Å². The van der Waals surface area contributed by atoms with Crippen molar-refractivity contribution in [1.82, 2.24) is 10.2 Å². The molecule has 0 unspecified atom stereocenters. The number of aromatic nitrogens is 2. The van der Waals surface area contributed by atoms with Crippen molar-refractivity contribution in [3.63, 3.8) is 0 Å². The van der Waals surface area contributed by atoms with Crippen molar-refractivity contribution in [3.05, 3.63) is 21.9 Å². The third kappa shape index (κ3) is 2.26. The van der Waals surface area contributed by atoms with Crippen LogP contribution in [0.1, 0.15) is 5.69 Å². The van der Waals surface area contributed by atoms with Crippen LogP contribution in [-0.2, 0) is 0 Å². The van der Waals surface area contributed by atoms with Gasteiger partial charge in [-0.1, -0.05) is 0 Å². The van der Waals surface area contributed by atoms with Gasteiger partial charge in [0.25, 0.3) is 5.88 Å². The Hall–Kier alpha value is -1.92. The maximum absolute atomic E-state index is 10.1. The van der Waals surface area contributed by atoms with Gasteiger partial charge in [-0.3, -0.25) is 0 Å². The molecular weight excluding hydrogens is 176 g/mol. The van der Waals surface area contributed by atoms with Crippen molar-refractivity contribution in [3.8, 4) is 5.88 Å². The molecule has 0 aliphatic carbocycles. The van der Waals surface area contributed by atoms with E-state index in [0.717, 1.165) is 0 Å². The van der Waals surface area contributed by atoms with Gasteiger partial charge < -0.3 is 4.74 Å². The number of nitrogens with one attached hydrogen (secondary N) is 1. The van der Waals surface area contributed by atoms with E-state index < -0.39 is 5.03 Å². The molecule has 1 aromatic heterocycles. The molecule has 0 spiro atoms.